The topological polar surface area (TPSA) is 38.9 Å². The van der Waals surface area contributed by atoms with E-state index in [1.807, 2.05) is 19.9 Å². The Labute approximate surface area is 93.9 Å². The molecule has 1 heterocycles. The Morgan fingerprint density at radius 2 is 1.94 bits per heavy atom. The molecule has 2 aromatic rings. The molecule has 2 N–H and O–H groups in total. The number of nitrogen functional groups attached to an aromatic ring is 1. The van der Waals surface area contributed by atoms with E-state index >= 15 is 0 Å². The summed E-state index contributed by atoms with van der Waals surface area (Å²) >= 11 is 0. The summed E-state index contributed by atoms with van der Waals surface area (Å²) in [6.45, 7) is 3.68. The van der Waals surface area contributed by atoms with Gasteiger partial charge in [0.1, 0.15) is 5.82 Å². The lowest BCUT2D eigenvalue weighted by molar-refractivity contribution is 0.630. The maximum atomic E-state index is 13.7. The van der Waals surface area contributed by atoms with Gasteiger partial charge in [-0.3, -0.25) is 4.98 Å². The van der Waals surface area contributed by atoms with Crippen LogP contribution in [0.1, 0.15) is 11.3 Å². The molecule has 3 heteroatoms. The second-order valence-corrected chi connectivity index (χ2v) is 3.88. The fraction of sp³-hybridized carbons (Fsp3) is 0.154. The largest absolute Gasteiger partial charge is 0.397 e. The first kappa shape index (κ1) is 10.6. The number of nitrogens with two attached hydrogens (primary N) is 1. The van der Waals surface area contributed by atoms with Gasteiger partial charge in [0.15, 0.2) is 0 Å². The zero-order valence-corrected chi connectivity index (χ0v) is 9.29. The smallest absolute Gasteiger partial charge is 0.131 e. The maximum Gasteiger partial charge on any atom is 0.131 e. The number of nitrogens with zero attached hydrogens (tertiary/aromatic N) is 1. The molecule has 0 spiro atoms. The molecular formula is C13H13FN2. The van der Waals surface area contributed by atoms with E-state index in [2.05, 4.69) is 4.98 Å². The van der Waals surface area contributed by atoms with Crippen molar-refractivity contribution >= 4 is 5.69 Å². The number of rotatable bonds is 1. The zero-order valence-electron chi connectivity index (χ0n) is 9.29. The van der Waals surface area contributed by atoms with Crippen LogP contribution < -0.4 is 5.73 Å². The van der Waals surface area contributed by atoms with Crippen molar-refractivity contribution in [3.63, 3.8) is 0 Å². The molecule has 82 valence electrons. The molecule has 0 aliphatic heterocycles. The van der Waals surface area contributed by atoms with Crippen molar-refractivity contribution in [2.75, 3.05) is 5.73 Å². The first-order valence-corrected chi connectivity index (χ1v) is 5.06. The first-order valence-electron chi connectivity index (χ1n) is 5.06. The summed E-state index contributed by atoms with van der Waals surface area (Å²) in [5, 5.41) is 0. The van der Waals surface area contributed by atoms with Gasteiger partial charge in [-0.15, -0.1) is 0 Å². The zero-order chi connectivity index (χ0) is 11.7. The molecular weight excluding hydrogens is 203 g/mol. The Morgan fingerprint density at radius 3 is 2.56 bits per heavy atom. The minimum Gasteiger partial charge on any atom is -0.397 e. The number of benzene rings is 1. The van der Waals surface area contributed by atoms with E-state index in [4.69, 9.17) is 5.73 Å². The summed E-state index contributed by atoms with van der Waals surface area (Å²) < 4.78 is 13.7. The normalized spacial score (nSPS) is 10.4. The second-order valence-electron chi connectivity index (χ2n) is 3.88. The Hall–Kier alpha value is -1.90. The van der Waals surface area contributed by atoms with E-state index in [9.17, 15) is 4.39 Å². The predicted octanol–water partition coefficient (Wildman–Crippen LogP) is 3.09. The van der Waals surface area contributed by atoms with E-state index in [-0.39, 0.29) is 5.82 Å². The molecule has 1 aromatic carbocycles. The van der Waals surface area contributed by atoms with Crippen LogP contribution in [-0.4, -0.2) is 4.98 Å². The van der Waals surface area contributed by atoms with Crippen molar-refractivity contribution in [1.82, 2.24) is 4.98 Å². The Balaban J connectivity index is 2.54. The van der Waals surface area contributed by atoms with Crippen molar-refractivity contribution in [2.45, 2.75) is 13.8 Å². The van der Waals surface area contributed by atoms with Crippen molar-refractivity contribution in [3.8, 4) is 11.1 Å². The Morgan fingerprint density at radius 1 is 1.19 bits per heavy atom. The van der Waals surface area contributed by atoms with Crippen LogP contribution in [0.3, 0.4) is 0 Å². The van der Waals surface area contributed by atoms with Crippen LogP contribution in [0.15, 0.2) is 30.5 Å². The highest BCUT2D eigenvalue weighted by Crippen LogP contribution is 2.25. The molecule has 0 fully saturated rings. The van der Waals surface area contributed by atoms with Crippen LogP contribution in [0.2, 0.25) is 0 Å². The summed E-state index contributed by atoms with van der Waals surface area (Å²) in [7, 11) is 0. The first-order chi connectivity index (χ1) is 7.58. The SMILES string of the molecule is Cc1ccc(-c2cnc(C)c(N)c2)c(F)c1. The number of aryl methyl sites for hydroxylation is 2. The molecule has 0 bridgehead atoms. The number of anilines is 1. The van der Waals surface area contributed by atoms with Gasteiger partial charge in [-0.05, 0) is 31.5 Å². The molecule has 1 aromatic heterocycles. The fourth-order valence-corrected chi connectivity index (χ4v) is 1.55. The van der Waals surface area contributed by atoms with Crippen LogP contribution in [0.5, 0.6) is 0 Å². The van der Waals surface area contributed by atoms with Gasteiger partial charge >= 0.3 is 0 Å². The molecule has 0 saturated carbocycles. The quantitative estimate of drug-likeness (QED) is 0.795. The maximum absolute atomic E-state index is 13.7. The Kier molecular flexibility index (Phi) is 2.60. The van der Waals surface area contributed by atoms with Crippen LogP contribution in [0, 0.1) is 19.7 Å². The average molecular weight is 216 g/mol. The molecule has 2 nitrogen and oxygen atoms in total. The molecule has 0 saturated heterocycles. The molecule has 0 aliphatic rings. The van der Waals surface area contributed by atoms with Crippen molar-refractivity contribution in [1.29, 1.82) is 0 Å². The third-order valence-corrected chi connectivity index (χ3v) is 2.56. The van der Waals surface area contributed by atoms with Gasteiger partial charge in [0.25, 0.3) is 0 Å². The molecule has 0 aliphatic carbocycles. The number of halogens is 1. The van der Waals surface area contributed by atoms with E-state index in [1.165, 1.54) is 6.07 Å². The third-order valence-electron chi connectivity index (χ3n) is 2.56. The van der Waals surface area contributed by atoms with Crippen molar-refractivity contribution in [3.05, 3.63) is 47.5 Å². The molecule has 16 heavy (non-hydrogen) atoms. The predicted molar refractivity (Wildman–Crippen MR) is 63.5 cm³/mol. The highest BCUT2D eigenvalue weighted by molar-refractivity contribution is 5.67. The van der Waals surface area contributed by atoms with Crippen LogP contribution in [-0.2, 0) is 0 Å². The lowest BCUT2D eigenvalue weighted by Gasteiger charge is -2.06. The van der Waals surface area contributed by atoms with Crippen LogP contribution in [0.25, 0.3) is 11.1 Å². The fourth-order valence-electron chi connectivity index (χ4n) is 1.55. The summed E-state index contributed by atoms with van der Waals surface area (Å²) in [6, 6.07) is 6.87. The number of hydrogen-bond acceptors (Lipinski definition) is 2. The lowest BCUT2D eigenvalue weighted by atomic mass is 10.0. The van der Waals surface area contributed by atoms with Crippen molar-refractivity contribution in [2.24, 2.45) is 0 Å². The van der Waals surface area contributed by atoms with Crippen LogP contribution >= 0.6 is 0 Å². The van der Waals surface area contributed by atoms with Gasteiger partial charge in [0.2, 0.25) is 0 Å². The molecule has 0 radical (unpaired) electrons. The summed E-state index contributed by atoms with van der Waals surface area (Å²) in [4.78, 5) is 4.13. The minimum absolute atomic E-state index is 0.245. The highest BCUT2D eigenvalue weighted by atomic mass is 19.1. The van der Waals surface area contributed by atoms with Gasteiger partial charge in [0.05, 0.1) is 11.4 Å². The Bertz CT molecular complexity index is 535. The number of hydrogen-bond donors (Lipinski definition) is 1. The van der Waals surface area contributed by atoms with E-state index in [0.29, 0.717) is 16.8 Å². The minimum atomic E-state index is -0.245. The molecule has 0 amide bonds. The average Bonchev–Trinajstić information content (AvgIpc) is 2.22. The summed E-state index contributed by atoms with van der Waals surface area (Å²) in [5.41, 5.74) is 9.23. The standard InChI is InChI=1S/C13H13FN2/c1-8-3-4-11(12(14)5-8)10-6-13(15)9(2)16-7-10/h3-7H,15H2,1-2H3. The molecule has 0 unspecified atom stereocenters. The van der Waals surface area contributed by atoms with E-state index in [1.54, 1.807) is 18.3 Å². The van der Waals surface area contributed by atoms with Crippen LogP contribution in [0.4, 0.5) is 10.1 Å². The van der Waals surface area contributed by atoms with Crippen molar-refractivity contribution < 1.29 is 4.39 Å². The second kappa shape index (κ2) is 3.93. The lowest BCUT2D eigenvalue weighted by Crippen LogP contribution is -1.94. The van der Waals surface area contributed by atoms with Gasteiger partial charge in [-0.25, -0.2) is 4.39 Å². The highest BCUT2D eigenvalue weighted by Gasteiger charge is 2.06. The summed E-state index contributed by atoms with van der Waals surface area (Å²) in [6.07, 6.45) is 1.64. The number of pyridine rings is 1. The van der Waals surface area contributed by atoms with Gasteiger partial charge in [-0.1, -0.05) is 12.1 Å². The number of aromatic nitrogens is 1. The van der Waals surface area contributed by atoms with Gasteiger partial charge < -0.3 is 5.73 Å². The monoisotopic (exact) mass is 216 g/mol. The molecule has 2 rings (SSSR count). The van der Waals surface area contributed by atoms with E-state index < -0.39 is 0 Å². The third kappa shape index (κ3) is 1.89. The molecule has 0 atom stereocenters. The van der Waals surface area contributed by atoms with Gasteiger partial charge in [-0.2, -0.15) is 0 Å². The van der Waals surface area contributed by atoms with E-state index in [0.717, 1.165) is 11.3 Å². The summed E-state index contributed by atoms with van der Waals surface area (Å²) in [5.74, 6) is -0.245. The van der Waals surface area contributed by atoms with Gasteiger partial charge in [0, 0.05) is 17.3 Å².